The first-order valence-corrected chi connectivity index (χ1v) is 6.14. The van der Waals surface area contributed by atoms with Crippen molar-refractivity contribution < 1.29 is 14.3 Å². The zero-order chi connectivity index (χ0) is 14.1. The monoisotopic (exact) mass is 268 g/mol. The van der Waals surface area contributed by atoms with Crippen molar-refractivity contribution in [3.05, 3.63) is 59.4 Å². The lowest BCUT2D eigenvalue weighted by Crippen LogP contribution is -2.29. The standard InChI is InChI=1S/C15H12N2O3/c1-20-11-4-2-10(3-5-11)9-17-14(18)12-6-7-16-8-13(12)15(17)19/h2-8H,9H2,1H3. The van der Waals surface area contributed by atoms with Crippen LogP contribution < -0.4 is 4.74 Å². The summed E-state index contributed by atoms with van der Waals surface area (Å²) in [5, 5.41) is 0. The molecule has 1 aliphatic rings. The third-order valence-electron chi connectivity index (χ3n) is 3.27. The molecular formula is C15H12N2O3. The molecule has 3 rings (SSSR count). The number of carbonyl (C=O) groups excluding carboxylic acids is 2. The number of rotatable bonds is 3. The number of benzene rings is 1. The SMILES string of the molecule is COc1ccc(CN2C(=O)c3ccncc3C2=O)cc1. The number of pyridine rings is 1. The number of amides is 2. The highest BCUT2D eigenvalue weighted by atomic mass is 16.5. The molecule has 100 valence electrons. The molecule has 1 aromatic carbocycles. The van der Waals surface area contributed by atoms with Gasteiger partial charge in [0.05, 0.1) is 24.8 Å². The molecule has 1 aromatic heterocycles. The highest BCUT2D eigenvalue weighted by molar-refractivity contribution is 6.21. The van der Waals surface area contributed by atoms with Gasteiger partial charge in [-0.1, -0.05) is 12.1 Å². The zero-order valence-electron chi connectivity index (χ0n) is 10.9. The van der Waals surface area contributed by atoms with Crippen LogP contribution in [-0.2, 0) is 6.54 Å². The molecule has 2 heterocycles. The molecule has 0 bridgehead atoms. The summed E-state index contributed by atoms with van der Waals surface area (Å²) >= 11 is 0. The first-order valence-electron chi connectivity index (χ1n) is 6.14. The molecule has 0 N–H and O–H groups in total. The Bertz CT molecular complexity index is 645. The second kappa shape index (κ2) is 4.77. The van der Waals surface area contributed by atoms with Gasteiger partial charge in [-0.15, -0.1) is 0 Å². The van der Waals surface area contributed by atoms with Crippen molar-refractivity contribution in [1.29, 1.82) is 0 Å². The van der Waals surface area contributed by atoms with Gasteiger partial charge in [0, 0.05) is 12.4 Å². The average molecular weight is 268 g/mol. The molecule has 0 saturated carbocycles. The molecule has 0 unspecified atom stereocenters. The van der Waals surface area contributed by atoms with Crippen molar-refractivity contribution in [2.75, 3.05) is 7.11 Å². The molecule has 2 amide bonds. The van der Waals surface area contributed by atoms with E-state index in [1.54, 1.807) is 25.3 Å². The largest absolute Gasteiger partial charge is 0.497 e. The zero-order valence-corrected chi connectivity index (χ0v) is 10.9. The lowest BCUT2D eigenvalue weighted by atomic mass is 10.2. The number of hydrogen-bond donors (Lipinski definition) is 0. The molecule has 0 saturated heterocycles. The summed E-state index contributed by atoms with van der Waals surface area (Å²) in [6.07, 6.45) is 2.95. The number of nitrogens with zero attached hydrogens (tertiary/aromatic N) is 2. The Kier molecular flexibility index (Phi) is 2.95. The molecule has 20 heavy (non-hydrogen) atoms. The van der Waals surface area contributed by atoms with Gasteiger partial charge in [-0.25, -0.2) is 0 Å². The van der Waals surface area contributed by atoms with Crippen LogP contribution in [0, 0.1) is 0 Å². The molecule has 5 nitrogen and oxygen atoms in total. The maximum atomic E-state index is 12.2. The summed E-state index contributed by atoms with van der Waals surface area (Å²) < 4.78 is 5.08. The van der Waals surface area contributed by atoms with E-state index in [1.807, 2.05) is 12.1 Å². The third kappa shape index (κ3) is 1.93. The lowest BCUT2D eigenvalue weighted by molar-refractivity contribution is 0.0642. The Balaban J connectivity index is 1.85. The Morgan fingerprint density at radius 2 is 1.75 bits per heavy atom. The number of fused-ring (bicyclic) bond motifs is 1. The van der Waals surface area contributed by atoms with Crippen molar-refractivity contribution in [1.82, 2.24) is 9.88 Å². The summed E-state index contributed by atoms with van der Waals surface area (Å²) in [5.41, 5.74) is 1.65. The van der Waals surface area contributed by atoms with E-state index in [4.69, 9.17) is 4.74 Å². The maximum Gasteiger partial charge on any atom is 0.263 e. The van der Waals surface area contributed by atoms with Gasteiger partial charge in [-0.3, -0.25) is 19.5 Å². The maximum absolute atomic E-state index is 12.2. The Morgan fingerprint density at radius 1 is 1.05 bits per heavy atom. The molecule has 0 spiro atoms. The number of imide groups is 1. The van der Waals surface area contributed by atoms with Crippen LogP contribution in [0.5, 0.6) is 5.75 Å². The molecule has 5 heteroatoms. The smallest absolute Gasteiger partial charge is 0.263 e. The van der Waals surface area contributed by atoms with Crippen molar-refractivity contribution >= 4 is 11.8 Å². The summed E-state index contributed by atoms with van der Waals surface area (Å²) in [5.74, 6) is 0.164. The normalized spacial score (nSPS) is 13.6. The van der Waals surface area contributed by atoms with Crippen molar-refractivity contribution in [3.63, 3.8) is 0 Å². The first-order chi connectivity index (χ1) is 9.70. The molecule has 0 atom stereocenters. The Hall–Kier alpha value is -2.69. The quantitative estimate of drug-likeness (QED) is 0.797. The topological polar surface area (TPSA) is 59.5 Å². The van der Waals surface area contributed by atoms with Crippen LogP contribution in [0.1, 0.15) is 26.3 Å². The summed E-state index contributed by atoms with van der Waals surface area (Å²) in [4.78, 5) is 29.5. The van der Waals surface area contributed by atoms with E-state index in [0.29, 0.717) is 11.1 Å². The van der Waals surface area contributed by atoms with Gasteiger partial charge >= 0.3 is 0 Å². The third-order valence-corrected chi connectivity index (χ3v) is 3.27. The fraction of sp³-hybridized carbons (Fsp3) is 0.133. The van der Waals surface area contributed by atoms with Crippen LogP contribution in [0.2, 0.25) is 0 Å². The summed E-state index contributed by atoms with van der Waals surface area (Å²) in [6.45, 7) is 0.246. The molecule has 0 fully saturated rings. The van der Waals surface area contributed by atoms with Crippen molar-refractivity contribution in [2.24, 2.45) is 0 Å². The Labute approximate surface area is 115 Å². The Morgan fingerprint density at radius 3 is 2.40 bits per heavy atom. The molecule has 1 aliphatic heterocycles. The van der Waals surface area contributed by atoms with Gasteiger partial charge in [0.1, 0.15) is 5.75 Å². The van der Waals surface area contributed by atoms with Gasteiger partial charge < -0.3 is 4.74 Å². The van der Waals surface area contributed by atoms with E-state index in [-0.39, 0.29) is 18.4 Å². The first kappa shape index (κ1) is 12.3. The second-order valence-electron chi connectivity index (χ2n) is 4.47. The van der Waals surface area contributed by atoms with Gasteiger partial charge in [0.2, 0.25) is 0 Å². The van der Waals surface area contributed by atoms with E-state index >= 15 is 0 Å². The van der Waals surface area contributed by atoms with Gasteiger partial charge in [0.15, 0.2) is 0 Å². The molecule has 0 aliphatic carbocycles. The van der Waals surface area contributed by atoms with Gasteiger partial charge in [0.25, 0.3) is 11.8 Å². The highest BCUT2D eigenvalue weighted by Gasteiger charge is 2.35. The second-order valence-corrected chi connectivity index (χ2v) is 4.47. The van der Waals surface area contributed by atoms with Crippen molar-refractivity contribution in [3.8, 4) is 5.75 Å². The van der Waals surface area contributed by atoms with Crippen LogP contribution in [0.25, 0.3) is 0 Å². The molecule has 2 aromatic rings. The molecular weight excluding hydrogens is 256 g/mol. The van der Waals surface area contributed by atoms with Crippen molar-refractivity contribution in [2.45, 2.75) is 6.54 Å². The summed E-state index contributed by atoms with van der Waals surface area (Å²) in [7, 11) is 1.59. The van der Waals surface area contributed by atoms with Crippen LogP contribution in [0.4, 0.5) is 0 Å². The summed E-state index contributed by atoms with van der Waals surface area (Å²) in [6, 6.07) is 8.84. The number of carbonyl (C=O) groups is 2. The fourth-order valence-corrected chi connectivity index (χ4v) is 2.19. The van der Waals surface area contributed by atoms with Crippen LogP contribution in [-0.4, -0.2) is 28.8 Å². The lowest BCUT2D eigenvalue weighted by Gasteiger charge is -2.13. The van der Waals surface area contributed by atoms with E-state index in [0.717, 1.165) is 11.3 Å². The van der Waals surface area contributed by atoms with Crippen LogP contribution >= 0.6 is 0 Å². The minimum Gasteiger partial charge on any atom is -0.497 e. The molecule has 0 radical (unpaired) electrons. The van der Waals surface area contributed by atoms with E-state index in [1.165, 1.54) is 17.3 Å². The highest BCUT2D eigenvalue weighted by Crippen LogP contribution is 2.24. The average Bonchev–Trinajstić information content (AvgIpc) is 2.74. The van der Waals surface area contributed by atoms with Gasteiger partial charge in [-0.05, 0) is 23.8 Å². The predicted molar refractivity (Wildman–Crippen MR) is 71.4 cm³/mol. The minimum atomic E-state index is -0.297. The predicted octanol–water partition coefficient (Wildman–Crippen LogP) is 1.89. The number of hydrogen-bond acceptors (Lipinski definition) is 4. The van der Waals surface area contributed by atoms with Crippen LogP contribution in [0.3, 0.4) is 0 Å². The van der Waals surface area contributed by atoms with E-state index in [9.17, 15) is 9.59 Å². The fourth-order valence-electron chi connectivity index (χ4n) is 2.19. The van der Waals surface area contributed by atoms with Gasteiger partial charge in [-0.2, -0.15) is 0 Å². The van der Waals surface area contributed by atoms with Crippen LogP contribution in [0.15, 0.2) is 42.7 Å². The number of methoxy groups -OCH3 is 1. The minimum absolute atomic E-state index is 0.246. The van der Waals surface area contributed by atoms with E-state index in [2.05, 4.69) is 4.98 Å². The number of aromatic nitrogens is 1. The number of ether oxygens (including phenoxy) is 1. The van der Waals surface area contributed by atoms with E-state index < -0.39 is 0 Å².